The number of fused-ring (bicyclic) bond motifs is 3. The van der Waals surface area contributed by atoms with Crippen LogP contribution < -0.4 is 10.9 Å². The van der Waals surface area contributed by atoms with Crippen LogP contribution >= 0.6 is 0 Å². The van der Waals surface area contributed by atoms with E-state index in [-0.39, 0.29) is 11.5 Å². The maximum Gasteiger partial charge on any atom is 0.262 e. The Morgan fingerprint density at radius 2 is 1.83 bits per heavy atom. The highest BCUT2D eigenvalue weighted by atomic mass is 16.2. The van der Waals surface area contributed by atoms with Gasteiger partial charge in [-0.2, -0.15) is 0 Å². The van der Waals surface area contributed by atoms with Crippen molar-refractivity contribution in [1.82, 2.24) is 34.3 Å². The number of aromatic nitrogens is 4. The normalized spacial score (nSPS) is 18.3. The molecule has 2 aliphatic rings. The van der Waals surface area contributed by atoms with Gasteiger partial charge in [0.1, 0.15) is 0 Å². The van der Waals surface area contributed by atoms with Gasteiger partial charge in [-0.25, -0.2) is 0 Å². The number of nitrogens with one attached hydrogen (secondary N) is 1. The van der Waals surface area contributed by atoms with E-state index in [0.717, 1.165) is 50.4 Å². The summed E-state index contributed by atoms with van der Waals surface area (Å²) in [5.41, 5.74) is 0.815. The van der Waals surface area contributed by atoms with Gasteiger partial charge in [0, 0.05) is 38.8 Å². The zero-order chi connectivity index (χ0) is 20.7. The average Bonchev–Trinajstić information content (AvgIpc) is 3.47. The van der Waals surface area contributed by atoms with Gasteiger partial charge in [0.2, 0.25) is 11.7 Å². The number of nitrogens with zero attached hydrogens (tertiary/aromatic N) is 6. The number of rotatable bonds is 6. The van der Waals surface area contributed by atoms with Gasteiger partial charge >= 0.3 is 0 Å². The highest BCUT2D eigenvalue weighted by molar-refractivity contribution is 5.80. The molecule has 5 rings (SSSR count). The molecule has 1 N–H and O–H groups in total. The third kappa shape index (κ3) is 3.59. The molecule has 0 radical (unpaired) electrons. The van der Waals surface area contributed by atoms with E-state index in [1.165, 1.54) is 0 Å². The molecule has 2 fully saturated rings. The van der Waals surface area contributed by atoms with Crippen molar-refractivity contribution in [3.8, 4) is 0 Å². The van der Waals surface area contributed by atoms with Crippen LogP contribution in [0.1, 0.15) is 25.6 Å². The van der Waals surface area contributed by atoms with E-state index in [9.17, 15) is 9.59 Å². The second-order valence-electron chi connectivity index (χ2n) is 8.21. The number of piperazine rings is 1. The second kappa shape index (κ2) is 7.81. The summed E-state index contributed by atoms with van der Waals surface area (Å²) >= 11 is 0. The predicted octanol–water partition coefficient (Wildman–Crippen LogP) is 0.460. The predicted molar refractivity (Wildman–Crippen MR) is 113 cm³/mol. The fourth-order valence-corrected chi connectivity index (χ4v) is 4.21. The van der Waals surface area contributed by atoms with E-state index in [1.54, 1.807) is 4.57 Å². The van der Waals surface area contributed by atoms with Gasteiger partial charge < -0.3 is 5.32 Å². The first kappa shape index (κ1) is 19.2. The molecule has 0 bridgehead atoms. The van der Waals surface area contributed by atoms with E-state index in [4.69, 9.17) is 0 Å². The van der Waals surface area contributed by atoms with Gasteiger partial charge in [-0.05, 0) is 31.9 Å². The largest absolute Gasteiger partial charge is 0.352 e. The molecule has 2 aromatic heterocycles. The molecule has 1 saturated carbocycles. The molecular formula is C21H27N7O2. The molecule has 0 unspecified atom stereocenters. The van der Waals surface area contributed by atoms with Crippen LogP contribution in [0.25, 0.3) is 16.7 Å². The summed E-state index contributed by atoms with van der Waals surface area (Å²) in [6, 6.07) is 8.05. The monoisotopic (exact) mass is 409 g/mol. The van der Waals surface area contributed by atoms with Gasteiger partial charge in [0.05, 0.1) is 24.0 Å². The average molecular weight is 409 g/mol. The molecule has 3 heterocycles. The SMILES string of the molecule is CCn1c(=O)c2ccccc2n2c(CN3CCN(CC(=O)NC4CC4)CC3)nnc12. The first-order chi connectivity index (χ1) is 14.6. The van der Waals surface area contributed by atoms with E-state index in [2.05, 4.69) is 25.3 Å². The summed E-state index contributed by atoms with van der Waals surface area (Å²) in [5, 5.41) is 12.5. The molecule has 9 nitrogen and oxygen atoms in total. The van der Waals surface area contributed by atoms with Crippen molar-refractivity contribution in [2.24, 2.45) is 0 Å². The lowest BCUT2D eigenvalue weighted by atomic mass is 10.2. The van der Waals surface area contributed by atoms with Gasteiger partial charge in [0.25, 0.3) is 5.56 Å². The van der Waals surface area contributed by atoms with Crippen LogP contribution in [0, 0.1) is 0 Å². The second-order valence-corrected chi connectivity index (χ2v) is 8.21. The molecule has 0 spiro atoms. The number of carbonyl (C=O) groups is 1. The third-order valence-corrected chi connectivity index (χ3v) is 6.03. The van der Waals surface area contributed by atoms with E-state index < -0.39 is 0 Å². The molecule has 1 aliphatic heterocycles. The lowest BCUT2D eigenvalue weighted by molar-refractivity contribution is -0.122. The van der Waals surface area contributed by atoms with Crippen LogP contribution in [0.4, 0.5) is 0 Å². The fourth-order valence-electron chi connectivity index (χ4n) is 4.21. The summed E-state index contributed by atoms with van der Waals surface area (Å²) in [6.07, 6.45) is 2.23. The molecule has 1 aromatic carbocycles. The van der Waals surface area contributed by atoms with Crippen LogP contribution in [-0.2, 0) is 17.9 Å². The van der Waals surface area contributed by atoms with Gasteiger partial charge in [-0.3, -0.25) is 28.4 Å². The number of amides is 1. The van der Waals surface area contributed by atoms with Crippen LogP contribution in [0.15, 0.2) is 29.1 Å². The summed E-state index contributed by atoms with van der Waals surface area (Å²) in [5.74, 6) is 1.56. The number of hydrogen-bond acceptors (Lipinski definition) is 6. The molecule has 30 heavy (non-hydrogen) atoms. The lowest BCUT2D eigenvalue weighted by Crippen LogP contribution is -2.49. The number of para-hydroxylation sites is 1. The van der Waals surface area contributed by atoms with Crippen molar-refractivity contribution in [3.05, 3.63) is 40.4 Å². The van der Waals surface area contributed by atoms with Gasteiger partial charge in [0.15, 0.2) is 5.82 Å². The Labute approximate surface area is 174 Å². The topological polar surface area (TPSA) is 87.8 Å². The number of benzene rings is 1. The molecule has 158 valence electrons. The molecule has 1 saturated heterocycles. The Morgan fingerprint density at radius 3 is 2.57 bits per heavy atom. The standard InChI is InChI=1S/C21H27N7O2/c1-2-27-20(30)16-5-3-4-6-17(16)28-18(23-24-21(27)28)13-25-9-11-26(12-10-25)14-19(29)22-15-7-8-15/h3-6,15H,2,7-14H2,1H3,(H,22,29). The highest BCUT2D eigenvalue weighted by Gasteiger charge is 2.26. The highest BCUT2D eigenvalue weighted by Crippen LogP contribution is 2.19. The minimum absolute atomic E-state index is 0.0300. The Morgan fingerprint density at radius 1 is 1.10 bits per heavy atom. The zero-order valence-corrected chi connectivity index (χ0v) is 17.3. The minimum atomic E-state index is -0.0300. The van der Waals surface area contributed by atoms with Gasteiger partial charge in [-0.15, -0.1) is 10.2 Å². The fraction of sp³-hybridized carbons (Fsp3) is 0.524. The zero-order valence-electron chi connectivity index (χ0n) is 17.3. The van der Waals surface area contributed by atoms with Crippen molar-refractivity contribution in [2.75, 3.05) is 32.7 Å². The summed E-state index contributed by atoms with van der Waals surface area (Å²) < 4.78 is 3.69. The molecule has 9 heteroatoms. The Kier molecular flexibility index (Phi) is 5.00. The summed E-state index contributed by atoms with van der Waals surface area (Å²) in [4.78, 5) is 29.4. The van der Waals surface area contributed by atoms with Crippen molar-refractivity contribution in [3.63, 3.8) is 0 Å². The summed E-state index contributed by atoms with van der Waals surface area (Å²) in [6.45, 7) is 7.09. The van der Waals surface area contributed by atoms with Crippen LogP contribution in [-0.4, -0.2) is 73.6 Å². The first-order valence-corrected chi connectivity index (χ1v) is 10.7. The number of carbonyl (C=O) groups excluding carboxylic acids is 1. The maximum atomic E-state index is 12.8. The Hall–Kier alpha value is -2.78. The molecule has 0 atom stereocenters. The van der Waals surface area contributed by atoms with Gasteiger partial charge in [-0.1, -0.05) is 12.1 Å². The maximum absolute atomic E-state index is 12.8. The van der Waals surface area contributed by atoms with Crippen molar-refractivity contribution < 1.29 is 4.79 Å². The smallest absolute Gasteiger partial charge is 0.262 e. The Bertz CT molecular complexity index is 1140. The van der Waals surface area contributed by atoms with E-state index >= 15 is 0 Å². The number of hydrogen-bond donors (Lipinski definition) is 1. The quantitative estimate of drug-likeness (QED) is 0.637. The molecule has 1 aliphatic carbocycles. The molecule has 3 aromatic rings. The van der Waals surface area contributed by atoms with Crippen molar-refractivity contribution >= 4 is 22.6 Å². The lowest BCUT2D eigenvalue weighted by Gasteiger charge is -2.33. The number of aryl methyl sites for hydroxylation is 1. The van der Waals surface area contributed by atoms with Crippen LogP contribution in [0.5, 0.6) is 0 Å². The van der Waals surface area contributed by atoms with E-state index in [0.29, 0.717) is 36.8 Å². The van der Waals surface area contributed by atoms with E-state index in [1.807, 2.05) is 35.6 Å². The molecular weight excluding hydrogens is 382 g/mol. The van der Waals surface area contributed by atoms with Crippen molar-refractivity contribution in [2.45, 2.75) is 38.9 Å². The Balaban J connectivity index is 1.33. The van der Waals surface area contributed by atoms with Crippen LogP contribution in [0.2, 0.25) is 0 Å². The minimum Gasteiger partial charge on any atom is -0.352 e. The molecule has 1 amide bonds. The summed E-state index contributed by atoms with van der Waals surface area (Å²) in [7, 11) is 0. The first-order valence-electron chi connectivity index (χ1n) is 10.7. The third-order valence-electron chi connectivity index (χ3n) is 6.03. The van der Waals surface area contributed by atoms with Crippen molar-refractivity contribution in [1.29, 1.82) is 0 Å². The van der Waals surface area contributed by atoms with Crippen LogP contribution in [0.3, 0.4) is 0 Å².